The van der Waals surface area contributed by atoms with E-state index in [1.165, 1.54) is 4.90 Å². The van der Waals surface area contributed by atoms with E-state index in [9.17, 15) is 4.79 Å². The number of hydrogen-bond acceptors (Lipinski definition) is 2. The maximum absolute atomic E-state index is 10.7. The maximum atomic E-state index is 10.7. The Kier molecular flexibility index (Phi) is 3.14. The summed E-state index contributed by atoms with van der Waals surface area (Å²) in [6, 6.07) is 0.701. The van der Waals surface area contributed by atoms with Gasteiger partial charge in [-0.15, -0.1) is 0 Å². The predicted molar refractivity (Wildman–Crippen MR) is 50.9 cm³/mol. The highest BCUT2D eigenvalue weighted by molar-refractivity contribution is 5.65. The lowest BCUT2D eigenvalue weighted by molar-refractivity contribution is 0.137. The zero-order valence-electron chi connectivity index (χ0n) is 8.53. The average Bonchev–Trinajstić information content (AvgIpc) is 2.50. The number of rotatable bonds is 2. The summed E-state index contributed by atoms with van der Waals surface area (Å²) in [7, 11) is 1.65. The Morgan fingerprint density at radius 3 is 2.62 bits per heavy atom. The smallest absolute Gasteiger partial charge is 0.407 e. The standard InChI is InChI=1S/C9H18N2O2/c1-7(2)11-5-4-8(6-11)10(3)9(12)13/h7-8H,4-6H2,1-3H3,(H,12,13). The normalized spacial score (nSPS) is 23.8. The molecule has 0 radical (unpaired) electrons. The van der Waals surface area contributed by atoms with Crippen molar-refractivity contribution in [2.75, 3.05) is 20.1 Å². The van der Waals surface area contributed by atoms with Crippen LogP contribution < -0.4 is 0 Å². The van der Waals surface area contributed by atoms with Gasteiger partial charge in [0.1, 0.15) is 0 Å². The lowest BCUT2D eigenvalue weighted by Gasteiger charge is -2.23. The van der Waals surface area contributed by atoms with Gasteiger partial charge in [-0.2, -0.15) is 0 Å². The molecule has 0 aromatic carbocycles. The molecule has 1 amide bonds. The quantitative estimate of drug-likeness (QED) is 0.701. The Labute approximate surface area is 79.1 Å². The largest absolute Gasteiger partial charge is 0.465 e. The second-order valence-corrected chi connectivity index (χ2v) is 3.92. The monoisotopic (exact) mass is 186 g/mol. The average molecular weight is 186 g/mol. The van der Waals surface area contributed by atoms with Crippen molar-refractivity contribution in [2.45, 2.75) is 32.4 Å². The van der Waals surface area contributed by atoms with Gasteiger partial charge in [0.05, 0.1) is 0 Å². The highest BCUT2D eigenvalue weighted by atomic mass is 16.4. The van der Waals surface area contributed by atoms with E-state index in [4.69, 9.17) is 5.11 Å². The number of likely N-dealkylation sites (tertiary alicyclic amines) is 1. The van der Waals surface area contributed by atoms with E-state index < -0.39 is 6.09 Å². The molecule has 4 nitrogen and oxygen atoms in total. The maximum Gasteiger partial charge on any atom is 0.407 e. The summed E-state index contributed by atoms with van der Waals surface area (Å²) in [5.41, 5.74) is 0. The zero-order valence-corrected chi connectivity index (χ0v) is 8.53. The number of hydrogen-bond donors (Lipinski definition) is 1. The highest BCUT2D eigenvalue weighted by Gasteiger charge is 2.28. The van der Waals surface area contributed by atoms with Crippen molar-refractivity contribution in [3.05, 3.63) is 0 Å². The molecule has 1 heterocycles. The third-order valence-electron chi connectivity index (χ3n) is 2.77. The number of likely N-dealkylation sites (N-methyl/N-ethyl adjacent to an activating group) is 1. The minimum atomic E-state index is -0.824. The molecular formula is C9H18N2O2. The first-order valence-corrected chi connectivity index (χ1v) is 4.72. The van der Waals surface area contributed by atoms with E-state index in [0.29, 0.717) is 6.04 Å². The van der Waals surface area contributed by atoms with E-state index >= 15 is 0 Å². The predicted octanol–water partition coefficient (Wildman–Crippen LogP) is 1.08. The van der Waals surface area contributed by atoms with Crippen LogP contribution in [0, 0.1) is 0 Å². The topological polar surface area (TPSA) is 43.8 Å². The molecule has 1 aliphatic heterocycles. The summed E-state index contributed by atoms with van der Waals surface area (Å²) in [5, 5.41) is 8.77. The van der Waals surface area contributed by atoms with Crippen molar-refractivity contribution in [1.29, 1.82) is 0 Å². The van der Waals surface area contributed by atoms with Crippen LogP contribution in [0.1, 0.15) is 20.3 Å². The lowest BCUT2D eigenvalue weighted by Crippen LogP contribution is -2.39. The molecule has 0 spiro atoms. The van der Waals surface area contributed by atoms with Gasteiger partial charge in [-0.05, 0) is 20.3 Å². The minimum absolute atomic E-state index is 0.180. The first-order chi connectivity index (χ1) is 6.02. The summed E-state index contributed by atoms with van der Waals surface area (Å²) in [6.07, 6.45) is 0.136. The molecule has 0 aromatic rings. The summed E-state index contributed by atoms with van der Waals surface area (Å²) >= 11 is 0. The van der Waals surface area contributed by atoms with E-state index in [-0.39, 0.29) is 6.04 Å². The van der Waals surface area contributed by atoms with Crippen LogP contribution in [-0.4, -0.2) is 53.2 Å². The first kappa shape index (κ1) is 10.3. The second kappa shape index (κ2) is 3.96. The molecule has 1 rings (SSSR count). The number of carboxylic acid groups (broad SMARTS) is 1. The number of amides is 1. The van der Waals surface area contributed by atoms with Gasteiger partial charge in [-0.1, -0.05) is 0 Å². The van der Waals surface area contributed by atoms with Gasteiger partial charge in [0, 0.05) is 32.2 Å². The fourth-order valence-corrected chi connectivity index (χ4v) is 1.71. The van der Waals surface area contributed by atoms with Crippen LogP contribution in [0.5, 0.6) is 0 Å². The molecule has 1 unspecified atom stereocenters. The van der Waals surface area contributed by atoms with Crippen LogP contribution in [0.25, 0.3) is 0 Å². The third kappa shape index (κ3) is 2.34. The molecule has 0 bridgehead atoms. The molecule has 0 saturated carbocycles. The fraction of sp³-hybridized carbons (Fsp3) is 0.889. The lowest BCUT2D eigenvalue weighted by atomic mass is 10.2. The van der Waals surface area contributed by atoms with Gasteiger partial charge in [0.2, 0.25) is 0 Å². The Hall–Kier alpha value is -0.770. The molecule has 1 N–H and O–H groups in total. The molecular weight excluding hydrogens is 168 g/mol. The Bertz CT molecular complexity index is 194. The summed E-state index contributed by atoms with van der Waals surface area (Å²) in [5.74, 6) is 0. The number of nitrogens with zero attached hydrogens (tertiary/aromatic N) is 2. The van der Waals surface area contributed by atoms with Crippen LogP contribution in [0.2, 0.25) is 0 Å². The fourth-order valence-electron chi connectivity index (χ4n) is 1.71. The molecule has 1 saturated heterocycles. The molecule has 4 heteroatoms. The van der Waals surface area contributed by atoms with Crippen LogP contribution in [0.4, 0.5) is 4.79 Å². The van der Waals surface area contributed by atoms with Gasteiger partial charge < -0.3 is 10.0 Å². The van der Waals surface area contributed by atoms with Gasteiger partial charge >= 0.3 is 6.09 Å². The van der Waals surface area contributed by atoms with E-state index in [1.54, 1.807) is 7.05 Å². The molecule has 1 aliphatic rings. The van der Waals surface area contributed by atoms with Crippen LogP contribution >= 0.6 is 0 Å². The van der Waals surface area contributed by atoms with E-state index in [2.05, 4.69) is 18.7 Å². The van der Waals surface area contributed by atoms with Crippen molar-refractivity contribution < 1.29 is 9.90 Å². The molecule has 1 fully saturated rings. The van der Waals surface area contributed by atoms with E-state index in [0.717, 1.165) is 19.5 Å². The third-order valence-corrected chi connectivity index (χ3v) is 2.77. The SMILES string of the molecule is CC(C)N1CCC(N(C)C(=O)O)C1. The molecule has 0 aromatic heterocycles. The summed E-state index contributed by atoms with van der Waals surface area (Å²) in [4.78, 5) is 14.4. The van der Waals surface area contributed by atoms with Crippen LogP contribution in [0.3, 0.4) is 0 Å². The first-order valence-electron chi connectivity index (χ1n) is 4.72. The van der Waals surface area contributed by atoms with Crippen molar-refractivity contribution in [3.63, 3.8) is 0 Å². The van der Waals surface area contributed by atoms with Crippen LogP contribution in [0.15, 0.2) is 0 Å². The van der Waals surface area contributed by atoms with Gasteiger partial charge in [-0.25, -0.2) is 4.79 Å². The Morgan fingerprint density at radius 1 is 1.62 bits per heavy atom. The molecule has 76 valence electrons. The molecule has 13 heavy (non-hydrogen) atoms. The summed E-state index contributed by atoms with van der Waals surface area (Å²) < 4.78 is 0. The highest BCUT2D eigenvalue weighted by Crippen LogP contribution is 2.16. The molecule has 1 atom stereocenters. The van der Waals surface area contributed by atoms with Crippen molar-refractivity contribution in [1.82, 2.24) is 9.80 Å². The van der Waals surface area contributed by atoms with E-state index in [1.807, 2.05) is 0 Å². The minimum Gasteiger partial charge on any atom is -0.465 e. The second-order valence-electron chi connectivity index (χ2n) is 3.92. The van der Waals surface area contributed by atoms with Gasteiger partial charge in [-0.3, -0.25) is 4.90 Å². The van der Waals surface area contributed by atoms with Gasteiger partial charge in [0.15, 0.2) is 0 Å². The zero-order chi connectivity index (χ0) is 10.0. The summed E-state index contributed by atoms with van der Waals surface area (Å²) in [6.45, 7) is 6.17. The van der Waals surface area contributed by atoms with Gasteiger partial charge in [0.25, 0.3) is 0 Å². The number of carbonyl (C=O) groups is 1. The van der Waals surface area contributed by atoms with Crippen molar-refractivity contribution >= 4 is 6.09 Å². The van der Waals surface area contributed by atoms with Crippen molar-refractivity contribution in [2.24, 2.45) is 0 Å². The van der Waals surface area contributed by atoms with Crippen molar-refractivity contribution in [3.8, 4) is 0 Å². The van der Waals surface area contributed by atoms with Crippen LogP contribution in [-0.2, 0) is 0 Å². The Balaban J connectivity index is 2.45. The Morgan fingerprint density at radius 2 is 2.23 bits per heavy atom. The molecule has 0 aliphatic carbocycles.